The Bertz CT molecular complexity index is 742. The first-order valence-electron chi connectivity index (χ1n) is 6.51. The molecule has 1 heterocycles. The third-order valence-corrected chi connectivity index (χ3v) is 3.62. The Labute approximate surface area is 118 Å². The highest BCUT2D eigenvalue weighted by Crippen LogP contribution is 2.33. The average Bonchev–Trinajstić information content (AvgIpc) is 2.85. The predicted molar refractivity (Wildman–Crippen MR) is 81.5 cm³/mol. The first kappa shape index (κ1) is 12.6. The first-order valence-corrected chi connectivity index (χ1v) is 6.51. The van der Waals surface area contributed by atoms with E-state index in [1.54, 1.807) is 14.2 Å². The first-order chi connectivity index (χ1) is 9.74. The van der Waals surface area contributed by atoms with Gasteiger partial charge in [0, 0.05) is 18.1 Å². The van der Waals surface area contributed by atoms with Crippen molar-refractivity contribution in [2.24, 2.45) is 7.05 Å². The van der Waals surface area contributed by atoms with E-state index in [9.17, 15) is 0 Å². The van der Waals surface area contributed by atoms with E-state index < -0.39 is 0 Å². The molecule has 0 saturated carbocycles. The number of ether oxygens (including phenoxy) is 2. The SMILES string of the molecule is COc1ccc(-c2cc3cccc(OC)c3n2C)cc1. The van der Waals surface area contributed by atoms with Gasteiger partial charge in [-0.25, -0.2) is 0 Å². The Kier molecular flexibility index (Phi) is 3.11. The van der Waals surface area contributed by atoms with Crippen molar-refractivity contribution in [1.82, 2.24) is 4.57 Å². The lowest BCUT2D eigenvalue weighted by Crippen LogP contribution is -1.94. The zero-order chi connectivity index (χ0) is 14.1. The number of fused-ring (bicyclic) bond motifs is 1. The minimum atomic E-state index is 0.866. The second-order valence-electron chi connectivity index (χ2n) is 4.72. The third-order valence-electron chi connectivity index (χ3n) is 3.62. The summed E-state index contributed by atoms with van der Waals surface area (Å²) in [6, 6.07) is 16.4. The molecule has 0 unspecified atom stereocenters. The van der Waals surface area contributed by atoms with Crippen molar-refractivity contribution >= 4 is 10.9 Å². The minimum Gasteiger partial charge on any atom is -0.497 e. The van der Waals surface area contributed by atoms with Gasteiger partial charge in [-0.1, -0.05) is 12.1 Å². The van der Waals surface area contributed by atoms with Crippen LogP contribution in [-0.4, -0.2) is 18.8 Å². The van der Waals surface area contributed by atoms with E-state index in [4.69, 9.17) is 9.47 Å². The fourth-order valence-electron chi connectivity index (χ4n) is 2.58. The third kappa shape index (κ3) is 1.92. The van der Waals surface area contributed by atoms with E-state index in [1.165, 1.54) is 5.39 Å². The van der Waals surface area contributed by atoms with Crippen LogP contribution in [0.1, 0.15) is 0 Å². The summed E-state index contributed by atoms with van der Waals surface area (Å²) in [5.74, 6) is 1.76. The van der Waals surface area contributed by atoms with Gasteiger partial charge >= 0.3 is 0 Å². The van der Waals surface area contributed by atoms with Crippen LogP contribution in [0.4, 0.5) is 0 Å². The Morgan fingerprint density at radius 3 is 2.30 bits per heavy atom. The van der Waals surface area contributed by atoms with Crippen LogP contribution in [0, 0.1) is 0 Å². The molecule has 0 radical (unpaired) electrons. The topological polar surface area (TPSA) is 23.4 Å². The van der Waals surface area contributed by atoms with Gasteiger partial charge in [0.1, 0.15) is 11.5 Å². The van der Waals surface area contributed by atoms with Gasteiger partial charge in [-0.05, 0) is 42.0 Å². The molecular formula is C17H17NO2. The van der Waals surface area contributed by atoms with Gasteiger partial charge in [-0.15, -0.1) is 0 Å². The van der Waals surface area contributed by atoms with Gasteiger partial charge in [0.15, 0.2) is 0 Å². The lowest BCUT2D eigenvalue weighted by Gasteiger charge is -2.08. The average molecular weight is 267 g/mol. The lowest BCUT2D eigenvalue weighted by atomic mass is 10.1. The van der Waals surface area contributed by atoms with Gasteiger partial charge in [-0.3, -0.25) is 0 Å². The van der Waals surface area contributed by atoms with Crippen LogP contribution in [-0.2, 0) is 7.05 Å². The molecule has 0 fully saturated rings. The summed E-state index contributed by atoms with van der Waals surface area (Å²) in [6.45, 7) is 0. The Morgan fingerprint density at radius 2 is 1.65 bits per heavy atom. The molecule has 2 aromatic carbocycles. The molecule has 3 heteroatoms. The van der Waals surface area contributed by atoms with E-state index in [0.717, 1.165) is 28.3 Å². The fourth-order valence-corrected chi connectivity index (χ4v) is 2.58. The van der Waals surface area contributed by atoms with Crippen LogP contribution in [0.2, 0.25) is 0 Å². The van der Waals surface area contributed by atoms with Crippen LogP contribution in [0.25, 0.3) is 22.2 Å². The summed E-state index contributed by atoms with van der Waals surface area (Å²) in [4.78, 5) is 0. The van der Waals surface area contributed by atoms with Gasteiger partial charge in [0.05, 0.1) is 19.7 Å². The highest BCUT2D eigenvalue weighted by molar-refractivity contribution is 5.91. The summed E-state index contributed by atoms with van der Waals surface area (Å²) in [5, 5.41) is 1.18. The molecule has 0 bridgehead atoms. The van der Waals surface area contributed by atoms with Gasteiger partial charge in [0.2, 0.25) is 0 Å². The van der Waals surface area contributed by atoms with Crippen molar-refractivity contribution in [3.05, 3.63) is 48.5 Å². The van der Waals surface area contributed by atoms with Crippen molar-refractivity contribution in [1.29, 1.82) is 0 Å². The van der Waals surface area contributed by atoms with Crippen molar-refractivity contribution in [2.75, 3.05) is 14.2 Å². The molecule has 3 nitrogen and oxygen atoms in total. The number of nitrogens with zero attached hydrogens (tertiary/aromatic N) is 1. The summed E-state index contributed by atoms with van der Waals surface area (Å²) in [6.07, 6.45) is 0. The second kappa shape index (κ2) is 4.93. The molecule has 20 heavy (non-hydrogen) atoms. The number of rotatable bonds is 3. The van der Waals surface area contributed by atoms with Crippen LogP contribution in [0.3, 0.4) is 0 Å². The monoisotopic (exact) mass is 267 g/mol. The molecule has 0 aliphatic carbocycles. The molecule has 0 aliphatic rings. The summed E-state index contributed by atoms with van der Waals surface area (Å²) < 4.78 is 12.8. The van der Waals surface area contributed by atoms with Crippen LogP contribution in [0.5, 0.6) is 11.5 Å². The van der Waals surface area contributed by atoms with Gasteiger partial charge in [-0.2, -0.15) is 0 Å². The van der Waals surface area contributed by atoms with E-state index in [2.05, 4.69) is 35.9 Å². The number of methoxy groups -OCH3 is 2. The maximum atomic E-state index is 5.45. The Hall–Kier alpha value is -2.42. The number of benzene rings is 2. The number of para-hydroxylation sites is 1. The van der Waals surface area contributed by atoms with E-state index in [0.29, 0.717) is 0 Å². The summed E-state index contributed by atoms with van der Waals surface area (Å²) in [5.41, 5.74) is 3.43. The fraction of sp³-hybridized carbons (Fsp3) is 0.176. The number of hydrogen-bond donors (Lipinski definition) is 0. The van der Waals surface area contributed by atoms with Crippen LogP contribution < -0.4 is 9.47 Å². The molecule has 1 aromatic heterocycles. The molecule has 0 amide bonds. The van der Waals surface area contributed by atoms with E-state index in [1.807, 2.05) is 24.3 Å². The number of hydrogen-bond acceptors (Lipinski definition) is 2. The molecule has 0 saturated heterocycles. The van der Waals surface area contributed by atoms with Crippen LogP contribution >= 0.6 is 0 Å². The standard InChI is InChI=1S/C17H17NO2/c1-18-15(12-7-9-14(19-2)10-8-12)11-13-5-4-6-16(20-3)17(13)18/h4-11H,1-3H3. The molecule has 102 valence electrons. The molecular weight excluding hydrogens is 250 g/mol. The van der Waals surface area contributed by atoms with Gasteiger partial charge < -0.3 is 14.0 Å². The Morgan fingerprint density at radius 1 is 0.900 bits per heavy atom. The lowest BCUT2D eigenvalue weighted by molar-refractivity contribution is 0.415. The summed E-state index contributed by atoms with van der Waals surface area (Å²) in [7, 11) is 5.44. The van der Waals surface area contributed by atoms with Gasteiger partial charge in [0.25, 0.3) is 0 Å². The molecule has 0 atom stereocenters. The normalized spacial score (nSPS) is 10.8. The Balaban J connectivity index is 2.18. The maximum Gasteiger partial charge on any atom is 0.143 e. The van der Waals surface area contributed by atoms with Crippen molar-refractivity contribution in [3.8, 4) is 22.8 Å². The maximum absolute atomic E-state index is 5.45. The van der Waals surface area contributed by atoms with E-state index >= 15 is 0 Å². The largest absolute Gasteiger partial charge is 0.497 e. The van der Waals surface area contributed by atoms with Crippen molar-refractivity contribution in [3.63, 3.8) is 0 Å². The molecule has 0 aliphatic heterocycles. The zero-order valence-electron chi connectivity index (χ0n) is 11.9. The van der Waals surface area contributed by atoms with Crippen molar-refractivity contribution < 1.29 is 9.47 Å². The predicted octanol–water partition coefficient (Wildman–Crippen LogP) is 3.86. The highest BCUT2D eigenvalue weighted by Gasteiger charge is 2.11. The molecule has 3 aromatic rings. The zero-order valence-corrected chi connectivity index (χ0v) is 11.9. The second-order valence-corrected chi connectivity index (χ2v) is 4.72. The van der Waals surface area contributed by atoms with Crippen molar-refractivity contribution in [2.45, 2.75) is 0 Å². The highest BCUT2D eigenvalue weighted by atomic mass is 16.5. The quantitative estimate of drug-likeness (QED) is 0.719. The number of aromatic nitrogens is 1. The van der Waals surface area contributed by atoms with E-state index in [-0.39, 0.29) is 0 Å². The minimum absolute atomic E-state index is 0.866. The summed E-state index contributed by atoms with van der Waals surface area (Å²) >= 11 is 0. The smallest absolute Gasteiger partial charge is 0.143 e. The molecule has 0 spiro atoms. The number of aryl methyl sites for hydroxylation is 1. The van der Waals surface area contributed by atoms with Crippen LogP contribution in [0.15, 0.2) is 48.5 Å². The molecule has 3 rings (SSSR count). The molecule has 0 N–H and O–H groups in total.